The smallest absolute Gasteiger partial charge is 0.229 e. The largest absolute Gasteiger partial charge is 0.393 e. The molecule has 1 saturated heterocycles. The molecule has 0 spiro atoms. The Morgan fingerprint density at radius 3 is 2.67 bits per heavy atom. The predicted octanol–water partition coefficient (Wildman–Crippen LogP) is 3.68. The molecule has 3 aromatic heterocycles. The average molecular weight is 494 g/mol. The van der Waals surface area contributed by atoms with E-state index in [0.29, 0.717) is 65.9 Å². The molecule has 0 saturated carbocycles. The van der Waals surface area contributed by atoms with Gasteiger partial charge in [-0.05, 0) is 43.2 Å². The summed E-state index contributed by atoms with van der Waals surface area (Å²) in [5, 5.41) is 13.1. The molecule has 0 amide bonds. The molecule has 5 aromatic rings. The van der Waals surface area contributed by atoms with Crippen molar-refractivity contribution in [3.8, 4) is 5.69 Å². The quantitative estimate of drug-likeness (QED) is 0.342. The molecule has 1 fully saturated rings. The second-order valence-corrected chi connectivity index (χ2v) is 8.65. The molecule has 4 heterocycles. The third kappa shape index (κ3) is 3.98. The summed E-state index contributed by atoms with van der Waals surface area (Å²) < 4.78 is 43.3. The molecule has 9 nitrogen and oxygen atoms in total. The molecule has 0 aliphatic carbocycles. The standard InChI is InChI=1S/C24H21F3N8O/c25-13-2-1-3-14(10-13)35-12-29-21-22(32-24(33-23(21)35)34-8-6-15(36)7-9-34)28-11-18-30-17-5-4-16(26)19(27)20(17)31-18/h1-5,10,12,15,36H,6-9,11H2,(H,30,31)(H,28,32,33). The molecule has 12 heteroatoms. The van der Waals surface area contributed by atoms with Crippen molar-refractivity contribution in [3.05, 3.63) is 66.0 Å². The Hall–Kier alpha value is -4.19. The van der Waals surface area contributed by atoms with Crippen LogP contribution in [0.25, 0.3) is 27.9 Å². The van der Waals surface area contributed by atoms with Gasteiger partial charge in [-0.25, -0.2) is 23.1 Å². The number of hydrogen-bond acceptors (Lipinski definition) is 7. The number of fused-ring (bicyclic) bond motifs is 2. The number of nitrogens with zero attached hydrogens (tertiary/aromatic N) is 6. The van der Waals surface area contributed by atoms with Gasteiger partial charge in [0.05, 0.1) is 23.9 Å². The molecule has 3 N–H and O–H groups in total. The molecule has 184 valence electrons. The van der Waals surface area contributed by atoms with Gasteiger partial charge in [-0.2, -0.15) is 9.97 Å². The number of nitrogens with one attached hydrogen (secondary N) is 2. The number of hydrogen-bond donors (Lipinski definition) is 3. The summed E-state index contributed by atoms with van der Waals surface area (Å²) >= 11 is 0. The van der Waals surface area contributed by atoms with Gasteiger partial charge in [-0.3, -0.25) is 4.57 Å². The molecule has 1 aliphatic rings. The maximum atomic E-state index is 14.1. The van der Waals surface area contributed by atoms with Crippen LogP contribution in [0.3, 0.4) is 0 Å². The van der Waals surface area contributed by atoms with Crippen molar-refractivity contribution in [2.45, 2.75) is 25.5 Å². The van der Waals surface area contributed by atoms with Crippen LogP contribution >= 0.6 is 0 Å². The molecule has 6 rings (SSSR count). The van der Waals surface area contributed by atoms with Crippen molar-refractivity contribution in [2.75, 3.05) is 23.3 Å². The van der Waals surface area contributed by atoms with Crippen molar-refractivity contribution in [1.29, 1.82) is 0 Å². The van der Waals surface area contributed by atoms with Gasteiger partial charge in [-0.15, -0.1) is 0 Å². The highest BCUT2D eigenvalue weighted by molar-refractivity contribution is 5.85. The molecule has 36 heavy (non-hydrogen) atoms. The number of anilines is 2. The lowest BCUT2D eigenvalue weighted by molar-refractivity contribution is 0.145. The highest BCUT2D eigenvalue weighted by atomic mass is 19.2. The van der Waals surface area contributed by atoms with E-state index in [4.69, 9.17) is 4.98 Å². The molecule has 2 aromatic carbocycles. The zero-order valence-corrected chi connectivity index (χ0v) is 18.9. The molecule has 1 aliphatic heterocycles. The summed E-state index contributed by atoms with van der Waals surface area (Å²) in [6, 6.07) is 8.57. The topological polar surface area (TPSA) is 108 Å². The predicted molar refractivity (Wildman–Crippen MR) is 127 cm³/mol. The van der Waals surface area contributed by atoms with Gasteiger partial charge >= 0.3 is 0 Å². The third-order valence-electron chi connectivity index (χ3n) is 6.24. The van der Waals surface area contributed by atoms with Gasteiger partial charge in [0, 0.05) is 13.1 Å². The molecule has 0 bridgehead atoms. The fourth-order valence-corrected chi connectivity index (χ4v) is 4.35. The number of imidazole rings is 2. The van der Waals surface area contributed by atoms with E-state index in [1.165, 1.54) is 18.2 Å². The lowest BCUT2D eigenvalue weighted by Gasteiger charge is -2.29. The normalized spacial score (nSPS) is 14.7. The highest BCUT2D eigenvalue weighted by Gasteiger charge is 2.23. The van der Waals surface area contributed by atoms with E-state index in [0.717, 1.165) is 6.07 Å². The van der Waals surface area contributed by atoms with Gasteiger partial charge in [0.25, 0.3) is 0 Å². The molecular formula is C24H21F3N8O. The Balaban J connectivity index is 1.39. The summed E-state index contributed by atoms with van der Waals surface area (Å²) in [5.74, 6) is -1.14. The summed E-state index contributed by atoms with van der Waals surface area (Å²) in [7, 11) is 0. The van der Waals surface area contributed by atoms with Crippen LogP contribution in [-0.2, 0) is 6.54 Å². The molecule has 0 radical (unpaired) electrons. The van der Waals surface area contributed by atoms with Crippen molar-refractivity contribution in [2.24, 2.45) is 0 Å². The van der Waals surface area contributed by atoms with E-state index >= 15 is 0 Å². The second-order valence-electron chi connectivity index (χ2n) is 8.65. The van der Waals surface area contributed by atoms with Gasteiger partial charge in [0.1, 0.15) is 23.5 Å². The van der Waals surface area contributed by atoms with E-state index in [1.54, 1.807) is 23.0 Å². The minimum Gasteiger partial charge on any atom is -0.393 e. The van der Waals surface area contributed by atoms with Crippen LogP contribution in [0.4, 0.5) is 24.9 Å². The Labute approximate surface area is 202 Å². The fraction of sp³-hybridized carbons (Fsp3) is 0.250. The summed E-state index contributed by atoms with van der Waals surface area (Å²) in [4.78, 5) is 23.0. The first-order valence-electron chi connectivity index (χ1n) is 11.5. The Bertz CT molecular complexity index is 1570. The van der Waals surface area contributed by atoms with E-state index in [9.17, 15) is 18.3 Å². The van der Waals surface area contributed by atoms with E-state index < -0.39 is 11.6 Å². The van der Waals surface area contributed by atoms with Crippen LogP contribution < -0.4 is 10.2 Å². The highest BCUT2D eigenvalue weighted by Crippen LogP contribution is 2.27. The lowest BCUT2D eigenvalue weighted by Crippen LogP contribution is -2.37. The zero-order chi connectivity index (χ0) is 24.8. The lowest BCUT2D eigenvalue weighted by atomic mass is 10.1. The Morgan fingerprint density at radius 2 is 1.86 bits per heavy atom. The Kier molecular flexibility index (Phi) is 5.44. The molecule has 0 atom stereocenters. The van der Waals surface area contributed by atoms with Gasteiger partial charge in [0.15, 0.2) is 28.6 Å². The van der Waals surface area contributed by atoms with Crippen molar-refractivity contribution in [1.82, 2.24) is 29.5 Å². The van der Waals surface area contributed by atoms with Crippen LogP contribution in [0.1, 0.15) is 18.7 Å². The number of rotatable bonds is 5. The van der Waals surface area contributed by atoms with E-state index in [1.807, 2.05) is 4.90 Å². The van der Waals surface area contributed by atoms with Crippen molar-refractivity contribution < 1.29 is 18.3 Å². The number of aromatic nitrogens is 6. The first kappa shape index (κ1) is 22.3. The van der Waals surface area contributed by atoms with Gasteiger partial charge < -0.3 is 20.3 Å². The summed E-state index contributed by atoms with van der Waals surface area (Å²) in [6.45, 7) is 1.29. The number of aliphatic hydroxyl groups excluding tert-OH is 1. The third-order valence-corrected chi connectivity index (χ3v) is 6.24. The number of benzene rings is 2. The number of aromatic amines is 1. The molecular weight excluding hydrogens is 473 g/mol. The first-order chi connectivity index (χ1) is 17.5. The minimum absolute atomic E-state index is 0.0809. The van der Waals surface area contributed by atoms with Crippen LogP contribution in [0.5, 0.6) is 0 Å². The average Bonchev–Trinajstić information content (AvgIpc) is 3.50. The maximum absolute atomic E-state index is 14.1. The first-order valence-corrected chi connectivity index (χ1v) is 11.5. The van der Waals surface area contributed by atoms with Crippen LogP contribution in [-0.4, -0.2) is 53.8 Å². The van der Waals surface area contributed by atoms with Crippen LogP contribution in [0.2, 0.25) is 0 Å². The minimum atomic E-state index is -1.01. The number of piperidine rings is 1. The van der Waals surface area contributed by atoms with Crippen molar-refractivity contribution >= 4 is 34.0 Å². The van der Waals surface area contributed by atoms with Crippen LogP contribution in [0, 0.1) is 17.5 Å². The monoisotopic (exact) mass is 494 g/mol. The van der Waals surface area contributed by atoms with E-state index in [2.05, 4.69) is 25.3 Å². The fourth-order valence-electron chi connectivity index (χ4n) is 4.35. The van der Waals surface area contributed by atoms with Gasteiger partial charge in [-0.1, -0.05) is 6.07 Å². The second kappa shape index (κ2) is 8.79. The van der Waals surface area contributed by atoms with Crippen LogP contribution in [0.15, 0.2) is 42.7 Å². The number of H-pyrrole nitrogens is 1. The summed E-state index contributed by atoms with van der Waals surface area (Å²) in [5.41, 5.74) is 1.77. The summed E-state index contributed by atoms with van der Waals surface area (Å²) in [6.07, 6.45) is 2.37. The number of halogens is 3. The van der Waals surface area contributed by atoms with Gasteiger partial charge in [0.2, 0.25) is 5.95 Å². The maximum Gasteiger partial charge on any atom is 0.229 e. The number of aliphatic hydroxyl groups is 1. The Morgan fingerprint density at radius 1 is 1.03 bits per heavy atom. The zero-order valence-electron chi connectivity index (χ0n) is 18.9. The molecule has 0 unspecified atom stereocenters. The van der Waals surface area contributed by atoms with Crippen molar-refractivity contribution in [3.63, 3.8) is 0 Å². The van der Waals surface area contributed by atoms with E-state index in [-0.39, 0.29) is 24.0 Å². The SMILES string of the molecule is OC1CCN(c2nc(NCc3nc4c(F)c(F)ccc4[nH]3)c3ncn(-c4cccc(F)c4)c3n2)CC1.